The lowest BCUT2D eigenvalue weighted by Crippen LogP contribution is -2.38. The van der Waals surface area contributed by atoms with E-state index in [2.05, 4.69) is 5.32 Å². The molecule has 5 nitrogen and oxygen atoms in total. The molecule has 18 heavy (non-hydrogen) atoms. The van der Waals surface area contributed by atoms with E-state index in [1.54, 1.807) is 0 Å². The van der Waals surface area contributed by atoms with Gasteiger partial charge in [-0.25, -0.2) is 0 Å². The van der Waals surface area contributed by atoms with Crippen molar-refractivity contribution >= 4 is 11.9 Å². The van der Waals surface area contributed by atoms with Gasteiger partial charge in [0.2, 0.25) is 5.91 Å². The molecule has 1 fully saturated rings. The summed E-state index contributed by atoms with van der Waals surface area (Å²) in [4.78, 5) is 23.0. The molecule has 0 aliphatic heterocycles. The van der Waals surface area contributed by atoms with Crippen LogP contribution in [0.15, 0.2) is 10.5 Å². The zero-order valence-corrected chi connectivity index (χ0v) is 10.7. The minimum Gasteiger partial charge on any atom is -0.480 e. The Morgan fingerprint density at radius 1 is 1.44 bits per heavy atom. The van der Waals surface area contributed by atoms with Crippen molar-refractivity contribution in [2.45, 2.75) is 39.7 Å². The Morgan fingerprint density at radius 3 is 2.44 bits per heavy atom. The van der Waals surface area contributed by atoms with E-state index in [0.29, 0.717) is 12.8 Å². The van der Waals surface area contributed by atoms with Crippen molar-refractivity contribution in [3.8, 4) is 0 Å². The van der Waals surface area contributed by atoms with Crippen LogP contribution in [0.25, 0.3) is 0 Å². The van der Waals surface area contributed by atoms with Gasteiger partial charge in [0.25, 0.3) is 0 Å². The topological polar surface area (TPSA) is 79.5 Å². The van der Waals surface area contributed by atoms with Crippen molar-refractivity contribution in [3.63, 3.8) is 0 Å². The van der Waals surface area contributed by atoms with Crippen molar-refractivity contribution in [3.05, 3.63) is 23.2 Å². The van der Waals surface area contributed by atoms with E-state index in [-0.39, 0.29) is 6.04 Å². The van der Waals surface area contributed by atoms with E-state index in [1.807, 2.05) is 26.8 Å². The quantitative estimate of drug-likeness (QED) is 0.801. The molecule has 1 atom stereocenters. The number of furan rings is 1. The van der Waals surface area contributed by atoms with E-state index >= 15 is 0 Å². The number of carbonyl (C=O) groups is 2. The molecule has 1 aromatic rings. The fourth-order valence-corrected chi connectivity index (χ4v) is 2.16. The first-order valence-corrected chi connectivity index (χ1v) is 5.98. The maximum Gasteiger partial charge on any atom is 0.319 e. The Balaban J connectivity index is 2.08. The number of aliphatic carboxylic acids is 1. The summed E-state index contributed by atoms with van der Waals surface area (Å²) in [5, 5.41) is 11.8. The van der Waals surface area contributed by atoms with Crippen molar-refractivity contribution in [1.82, 2.24) is 5.32 Å². The second kappa shape index (κ2) is 4.15. The Labute approximate surface area is 105 Å². The van der Waals surface area contributed by atoms with Crippen LogP contribution >= 0.6 is 0 Å². The molecule has 1 heterocycles. The molecule has 0 saturated heterocycles. The number of carbonyl (C=O) groups excluding carboxylic acids is 1. The van der Waals surface area contributed by atoms with Crippen LogP contribution in [-0.4, -0.2) is 17.0 Å². The van der Waals surface area contributed by atoms with Gasteiger partial charge in [0, 0.05) is 5.56 Å². The molecule has 0 spiro atoms. The highest BCUT2D eigenvalue weighted by molar-refractivity contribution is 6.04. The average molecular weight is 251 g/mol. The summed E-state index contributed by atoms with van der Waals surface area (Å²) in [5.74, 6) is 0.0940. The summed E-state index contributed by atoms with van der Waals surface area (Å²) in [6.45, 7) is 5.49. The summed E-state index contributed by atoms with van der Waals surface area (Å²) < 4.78 is 5.40. The second-order valence-corrected chi connectivity index (χ2v) is 4.95. The SMILES string of the molecule is Cc1cc(C(C)NC(=O)C2(C(=O)O)CC2)c(C)o1. The van der Waals surface area contributed by atoms with Crippen LogP contribution in [0, 0.1) is 19.3 Å². The molecule has 98 valence electrons. The first-order chi connectivity index (χ1) is 8.36. The van der Waals surface area contributed by atoms with Crippen LogP contribution in [-0.2, 0) is 9.59 Å². The molecule has 2 N–H and O–H groups in total. The predicted octanol–water partition coefficient (Wildman–Crippen LogP) is 1.94. The van der Waals surface area contributed by atoms with E-state index < -0.39 is 17.3 Å². The van der Waals surface area contributed by atoms with Crippen molar-refractivity contribution in [2.75, 3.05) is 0 Å². The molecule has 1 unspecified atom stereocenters. The normalized spacial score (nSPS) is 18.2. The second-order valence-electron chi connectivity index (χ2n) is 4.95. The molecule has 1 aromatic heterocycles. The smallest absolute Gasteiger partial charge is 0.319 e. The standard InChI is InChI=1S/C13H17NO4/c1-7-6-10(9(3)18-7)8(2)14-11(15)13(4-5-13)12(16)17/h6,8H,4-5H2,1-3H3,(H,14,15)(H,16,17). The number of nitrogens with one attached hydrogen (secondary N) is 1. The fourth-order valence-electron chi connectivity index (χ4n) is 2.16. The molecular weight excluding hydrogens is 234 g/mol. The molecule has 1 aliphatic carbocycles. The highest BCUT2D eigenvalue weighted by atomic mass is 16.4. The maximum absolute atomic E-state index is 11.9. The minimum absolute atomic E-state index is 0.244. The molecule has 1 saturated carbocycles. The van der Waals surface area contributed by atoms with Gasteiger partial charge in [-0.1, -0.05) is 0 Å². The number of carboxylic acid groups (broad SMARTS) is 1. The van der Waals surface area contributed by atoms with E-state index in [4.69, 9.17) is 9.52 Å². The summed E-state index contributed by atoms with van der Waals surface area (Å²) >= 11 is 0. The first-order valence-electron chi connectivity index (χ1n) is 5.98. The number of rotatable bonds is 4. The van der Waals surface area contributed by atoms with Gasteiger partial charge < -0.3 is 14.8 Å². The Morgan fingerprint density at radius 2 is 2.06 bits per heavy atom. The average Bonchev–Trinajstić information content (AvgIpc) is 3.00. The van der Waals surface area contributed by atoms with Gasteiger partial charge in [-0.05, 0) is 39.7 Å². The molecule has 0 aromatic carbocycles. The largest absolute Gasteiger partial charge is 0.480 e. The molecule has 1 aliphatic rings. The third-order valence-electron chi connectivity index (χ3n) is 3.49. The summed E-state index contributed by atoms with van der Waals surface area (Å²) in [6, 6.07) is 1.62. The molecule has 5 heteroatoms. The van der Waals surface area contributed by atoms with E-state index in [0.717, 1.165) is 17.1 Å². The minimum atomic E-state index is -1.19. The van der Waals surface area contributed by atoms with Crippen LogP contribution < -0.4 is 5.32 Å². The van der Waals surface area contributed by atoms with Gasteiger partial charge in [-0.3, -0.25) is 9.59 Å². The van der Waals surface area contributed by atoms with Crippen LogP contribution in [0.1, 0.15) is 42.9 Å². The van der Waals surface area contributed by atoms with Crippen LogP contribution in [0.3, 0.4) is 0 Å². The van der Waals surface area contributed by atoms with Gasteiger partial charge in [-0.15, -0.1) is 0 Å². The number of hydrogen-bond donors (Lipinski definition) is 2. The van der Waals surface area contributed by atoms with Gasteiger partial charge in [0.1, 0.15) is 16.9 Å². The fraction of sp³-hybridized carbons (Fsp3) is 0.538. The van der Waals surface area contributed by atoms with E-state index in [1.165, 1.54) is 0 Å². The highest BCUT2D eigenvalue weighted by Gasteiger charge is 2.57. The Bertz CT molecular complexity index is 499. The number of amides is 1. The van der Waals surface area contributed by atoms with Crippen molar-refractivity contribution in [2.24, 2.45) is 5.41 Å². The van der Waals surface area contributed by atoms with E-state index in [9.17, 15) is 9.59 Å². The molecular formula is C13H17NO4. The zero-order valence-electron chi connectivity index (χ0n) is 10.7. The van der Waals surface area contributed by atoms with Gasteiger partial charge in [-0.2, -0.15) is 0 Å². The highest BCUT2D eigenvalue weighted by Crippen LogP contribution is 2.46. The van der Waals surface area contributed by atoms with Crippen LogP contribution in [0.5, 0.6) is 0 Å². The summed E-state index contributed by atoms with van der Waals surface area (Å²) in [7, 11) is 0. The van der Waals surface area contributed by atoms with Crippen molar-refractivity contribution in [1.29, 1.82) is 0 Å². The number of carboxylic acids is 1. The number of hydrogen-bond acceptors (Lipinski definition) is 3. The first kappa shape index (κ1) is 12.7. The van der Waals surface area contributed by atoms with Crippen LogP contribution in [0.2, 0.25) is 0 Å². The molecule has 0 bridgehead atoms. The lowest BCUT2D eigenvalue weighted by Gasteiger charge is -2.16. The number of aryl methyl sites for hydroxylation is 2. The summed E-state index contributed by atoms with van der Waals surface area (Å²) in [6.07, 6.45) is 0.842. The zero-order chi connectivity index (χ0) is 13.5. The van der Waals surface area contributed by atoms with Gasteiger partial charge >= 0.3 is 5.97 Å². The lowest BCUT2D eigenvalue weighted by molar-refractivity contribution is -0.149. The molecule has 0 radical (unpaired) electrons. The van der Waals surface area contributed by atoms with Gasteiger partial charge in [0.05, 0.1) is 6.04 Å². The van der Waals surface area contributed by atoms with Gasteiger partial charge in [0.15, 0.2) is 0 Å². The lowest BCUT2D eigenvalue weighted by atomic mass is 10.0. The Kier molecular flexibility index (Phi) is 2.92. The third-order valence-corrected chi connectivity index (χ3v) is 3.49. The molecule has 2 rings (SSSR count). The molecule has 1 amide bonds. The Hall–Kier alpha value is -1.78. The third kappa shape index (κ3) is 2.00. The maximum atomic E-state index is 11.9. The van der Waals surface area contributed by atoms with Crippen LogP contribution in [0.4, 0.5) is 0 Å². The monoisotopic (exact) mass is 251 g/mol. The summed E-state index contributed by atoms with van der Waals surface area (Å²) in [5.41, 5.74) is -0.303. The predicted molar refractivity (Wildman–Crippen MR) is 64.0 cm³/mol. The van der Waals surface area contributed by atoms with Crippen molar-refractivity contribution < 1.29 is 19.1 Å².